The number of benzene rings is 3. The van der Waals surface area contributed by atoms with Crippen LogP contribution in [0.2, 0.25) is 5.04 Å². The van der Waals surface area contributed by atoms with E-state index in [-0.39, 0.29) is 21.2 Å². The molecule has 0 saturated heterocycles. The van der Waals surface area contributed by atoms with Crippen molar-refractivity contribution >= 4 is 37.1 Å². The Morgan fingerprint density at radius 1 is 0.921 bits per heavy atom. The van der Waals surface area contributed by atoms with Gasteiger partial charge < -0.3 is 19.6 Å². The number of nitrogens with two attached hydrogens (primary N) is 1. The van der Waals surface area contributed by atoms with Gasteiger partial charge in [0.15, 0.2) is 9.76 Å². The van der Waals surface area contributed by atoms with E-state index in [9.17, 15) is 13.2 Å². The van der Waals surface area contributed by atoms with Crippen LogP contribution in [0.25, 0.3) is 0 Å². The van der Waals surface area contributed by atoms with Crippen molar-refractivity contribution in [2.45, 2.75) is 57.1 Å². The van der Waals surface area contributed by atoms with Gasteiger partial charge in [0.2, 0.25) is 0 Å². The Morgan fingerprint density at radius 2 is 1.53 bits per heavy atom. The van der Waals surface area contributed by atoms with Crippen LogP contribution < -0.4 is 15.2 Å². The van der Waals surface area contributed by atoms with Gasteiger partial charge >= 0.3 is 5.97 Å². The minimum atomic E-state index is -3.93. The number of rotatable bonds is 9. The van der Waals surface area contributed by atoms with E-state index in [1.807, 2.05) is 26.8 Å². The number of carbonyl (C=O) groups is 1. The molecule has 3 aromatic rings. The van der Waals surface area contributed by atoms with E-state index in [0.717, 1.165) is 11.1 Å². The summed E-state index contributed by atoms with van der Waals surface area (Å²) < 4.78 is 45.6. The molecule has 0 radical (unpaired) electrons. The summed E-state index contributed by atoms with van der Waals surface area (Å²) in [6.45, 7) is 12.3. The second kappa shape index (κ2) is 11.2. The Labute approximate surface area is 227 Å². The number of ether oxygens (including phenoxy) is 2. The number of nitrogens with one attached hydrogen (secondary N) is 1. The Hall–Kier alpha value is -3.34. The molecule has 3 rings (SSSR count). The Morgan fingerprint density at radius 3 is 2.13 bits per heavy atom. The smallest absolute Gasteiger partial charge is 0.340 e. The molecule has 3 aromatic carbocycles. The zero-order chi connectivity index (χ0) is 28.3. The summed E-state index contributed by atoms with van der Waals surface area (Å²) >= 11 is 0. The Kier molecular flexibility index (Phi) is 8.60. The van der Waals surface area contributed by atoms with Crippen LogP contribution in [0.15, 0.2) is 65.6 Å². The van der Waals surface area contributed by atoms with Crippen LogP contribution >= 0.6 is 0 Å². The monoisotopic (exact) mass is 556 g/mol. The standard InChI is InChI=1S/C28H36N2O6SSi/c1-18-8-12-21(13-9-18)37(32,33)30-25-15-11-19(16-22(25)26(31)34-7)35-20-10-14-24(29)23(17-20)28(5,6)36-38-27(2,3)4/h8-17,30H,29,38H2,1-7H3. The molecular weight excluding hydrogens is 520 g/mol. The predicted molar refractivity (Wildman–Crippen MR) is 153 cm³/mol. The van der Waals surface area contributed by atoms with E-state index in [2.05, 4.69) is 25.5 Å². The molecule has 0 heterocycles. The highest BCUT2D eigenvalue weighted by Crippen LogP contribution is 2.36. The summed E-state index contributed by atoms with van der Waals surface area (Å²) in [6.07, 6.45) is 0. The number of nitrogen functional groups attached to an aromatic ring is 1. The maximum Gasteiger partial charge on any atom is 0.340 e. The molecule has 204 valence electrons. The quantitative estimate of drug-likeness (QED) is 0.203. The van der Waals surface area contributed by atoms with Gasteiger partial charge in [-0.25, -0.2) is 13.2 Å². The zero-order valence-electron chi connectivity index (χ0n) is 22.9. The highest BCUT2D eigenvalue weighted by Gasteiger charge is 2.27. The van der Waals surface area contributed by atoms with Crippen molar-refractivity contribution in [3.63, 3.8) is 0 Å². The molecule has 8 nitrogen and oxygen atoms in total. The number of hydrogen-bond acceptors (Lipinski definition) is 7. The Bertz CT molecular complexity index is 1410. The summed E-state index contributed by atoms with van der Waals surface area (Å²) in [5, 5.41) is 0.118. The minimum absolute atomic E-state index is 0.0104. The van der Waals surface area contributed by atoms with Gasteiger partial charge in [-0.15, -0.1) is 0 Å². The molecule has 38 heavy (non-hydrogen) atoms. The van der Waals surface area contributed by atoms with E-state index in [0.29, 0.717) is 17.2 Å². The maximum atomic E-state index is 12.9. The molecule has 3 N–H and O–H groups in total. The summed E-state index contributed by atoms with van der Waals surface area (Å²) in [5.41, 5.74) is 8.06. The summed E-state index contributed by atoms with van der Waals surface area (Å²) in [6, 6.07) is 16.2. The van der Waals surface area contributed by atoms with Gasteiger partial charge in [0.1, 0.15) is 11.5 Å². The van der Waals surface area contributed by atoms with Crippen LogP contribution in [0.3, 0.4) is 0 Å². The average Bonchev–Trinajstić information content (AvgIpc) is 2.84. The van der Waals surface area contributed by atoms with Gasteiger partial charge in [0.25, 0.3) is 10.0 Å². The molecular formula is C28H36N2O6SSi. The lowest BCUT2D eigenvalue weighted by Crippen LogP contribution is -2.28. The summed E-state index contributed by atoms with van der Waals surface area (Å²) in [7, 11) is -3.55. The van der Waals surface area contributed by atoms with Crippen LogP contribution in [-0.2, 0) is 24.8 Å². The SMILES string of the molecule is COC(=O)c1cc(Oc2ccc(N)c(C(C)(C)O[SiH2]C(C)(C)C)c2)ccc1NS(=O)(=O)c1ccc(C)cc1. The molecule has 0 saturated carbocycles. The average molecular weight is 557 g/mol. The van der Waals surface area contributed by atoms with Gasteiger partial charge in [-0.2, -0.15) is 0 Å². The van der Waals surface area contributed by atoms with E-state index >= 15 is 0 Å². The third-order valence-corrected chi connectivity index (χ3v) is 8.86. The second-order valence-corrected chi connectivity index (χ2v) is 15.2. The van der Waals surface area contributed by atoms with Crippen LogP contribution in [0.4, 0.5) is 11.4 Å². The molecule has 0 aliphatic heterocycles. The molecule has 0 fully saturated rings. The second-order valence-electron chi connectivity index (χ2n) is 10.8. The highest BCUT2D eigenvalue weighted by molar-refractivity contribution is 7.92. The fourth-order valence-electron chi connectivity index (χ4n) is 3.61. The number of aryl methyl sites for hydroxylation is 1. The number of methoxy groups -OCH3 is 1. The molecule has 0 atom stereocenters. The highest BCUT2D eigenvalue weighted by atomic mass is 32.2. The lowest BCUT2D eigenvalue weighted by Gasteiger charge is -2.31. The molecule has 0 bridgehead atoms. The molecule has 10 heteroatoms. The minimum Gasteiger partial charge on any atom is -0.465 e. The molecule has 0 aromatic heterocycles. The fraction of sp³-hybridized carbons (Fsp3) is 0.321. The Balaban J connectivity index is 1.91. The molecule has 0 amide bonds. The number of hydrogen-bond donors (Lipinski definition) is 2. The van der Waals surface area contributed by atoms with E-state index < -0.39 is 31.4 Å². The topological polar surface area (TPSA) is 117 Å². The van der Waals surface area contributed by atoms with E-state index in [4.69, 9.17) is 19.6 Å². The van der Waals surface area contributed by atoms with Crippen molar-refractivity contribution in [1.82, 2.24) is 0 Å². The summed E-state index contributed by atoms with van der Waals surface area (Å²) in [4.78, 5) is 12.6. The first-order chi connectivity index (χ1) is 17.6. The van der Waals surface area contributed by atoms with Gasteiger partial charge in [-0.3, -0.25) is 4.72 Å². The molecule has 0 aliphatic rings. The van der Waals surface area contributed by atoms with Gasteiger partial charge in [0.05, 0.1) is 28.9 Å². The van der Waals surface area contributed by atoms with Crippen LogP contribution in [-0.4, -0.2) is 31.3 Å². The predicted octanol–water partition coefficient (Wildman–Crippen LogP) is 5.51. The van der Waals surface area contributed by atoms with Gasteiger partial charge in [0, 0.05) is 11.3 Å². The number of carbonyl (C=O) groups excluding carboxylic acids is 1. The largest absolute Gasteiger partial charge is 0.465 e. The van der Waals surface area contributed by atoms with Crippen molar-refractivity contribution < 1.29 is 27.1 Å². The first kappa shape index (κ1) is 29.2. The normalized spacial score (nSPS) is 12.5. The van der Waals surface area contributed by atoms with Crippen molar-refractivity contribution in [1.29, 1.82) is 0 Å². The third kappa shape index (κ3) is 7.37. The van der Waals surface area contributed by atoms with Crippen LogP contribution in [0, 0.1) is 6.92 Å². The lowest BCUT2D eigenvalue weighted by atomic mass is 9.96. The third-order valence-electron chi connectivity index (χ3n) is 5.75. The van der Waals surface area contributed by atoms with Gasteiger partial charge in [-0.05, 0) is 74.3 Å². The summed E-state index contributed by atoms with van der Waals surface area (Å²) in [5.74, 6) is 0.103. The van der Waals surface area contributed by atoms with E-state index in [1.54, 1.807) is 30.3 Å². The van der Waals surface area contributed by atoms with Gasteiger partial charge in [-0.1, -0.05) is 38.5 Å². The van der Waals surface area contributed by atoms with Crippen molar-refractivity contribution in [2.75, 3.05) is 17.6 Å². The fourth-order valence-corrected chi connectivity index (χ4v) is 5.64. The van der Waals surface area contributed by atoms with Crippen molar-refractivity contribution in [2.24, 2.45) is 0 Å². The van der Waals surface area contributed by atoms with Crippen molar-refractivity contribution in [3.8, 4) is 11.5 Å². The van der Waals surface area contributed by atoms with E-state index in [1.165, 1.54) is 31.4 Å². The lowest BCUT2D eigenvalue weighted by molar-refractivity contribution is 0.0601. The van der Waals surface area contributed by atoms with Crippen molar-refractivity contribution in [3.05, 3.63) is 77.4 Å². The number of sulfonamides is 1. The number of anilines is 2. The first-order valence-electron chi connectivity index (χ1n) is 12.1. The molecule has 0 spiro atoms. The molecule has 0 unspecified atom stereocenters. The zero-order valence-corrected chi connectivity index (χ0v) is 25.1. The maximum absolute atomic E-state index is 12.9. The van der Waals surface area contributed by atoms with Crippen LogP contribution in [0.5, 0.6) is 11.5 Å². The first-order valence-corrected chi connectivity index (χ1v) is 14.9. The van der Waals surface area contributed by atoms with Crippen LogP contribution in [0.1, 0.15) is 56.1 Å². The molecule has 0 aliphatic carbocycles. The number of esters is 1.